The van der Waals surface area contributed by atoms with E-state index >= 15 is 0 Å². The molecule has 2 aromatic rings. The molecule has 124 valence electrons. The van der Waals surface area contributed by atoms with Crippen LogP contribution in [-0.2, 0) is 0 Å². The lowest BCUT2D eigenvalue weighted by Gasteiger charge is -2.15. The van der Waals surface area contributed by atoms with Crippen LogP contribution in [0.15, 0.2) is 22.7 Å². The van der Waals surface area contributed by atoms with Crippen molar-refractivity contribution in [3.63, 3.8) is 0 Å². The largest absolute Gasteiger partial charge is 0.494 e. The van der Waals surface area contributed by atoms with Crippen molar-refractivity contribution in [2.75, 3.05) is 11.9 Å². The fourth-order valence-corrected chi connectivity index (χ4v) is 2.53. The van der Waals surface area contributed by atoms with Crippen molar-refractivity contribution in [1.29, 1.82) is 0 Å². The Kier molecular flexibility index (Phi) is 5.26. The van der Waals surface area contributed by atoms with Crippen molar-refractivity contribution in [3.8, 4) is 5.75 Å². The van der Waals surface area contributed by atoms with Crippen LogP contribution in [-0.4, -0.2) is 17.8 Å². The highest BCUT2D eigenvalue weighted by atomic mass is 16.5. The summed E-state index contributed by atoms with van der Waals surface area (Å²) in [5, 5.41) is 9.61. The first-order chi connectivity index (χ1) is 10.9. The number of benzene rings is 1. The van der Waals surface area contributed by atoms with E-state index in [1.807, 2.05) is 52.8 Å². The van der Waals surface area contributed by atoms with Crippen molar-refractivity contribution in [2.45, 2.75) is 40.7 Å². The van der Waals surface area contributed by atoms with E-state index < -0.39 is 0 Å². The molecule has 0 bridgehead atoms. The Morgan fingerprint density at radius 3 is 2.70 bits per heavy atom. The van der Waals surface area contributed by atoms with Gasteiger partial charge in [0.1, 0.15) is 11.5 Å². The van der Waals surface area contributed by atoms with Gasteiger partial charge in [-0.1, -0.05) is 11.2 Å². The van der Waals surface area contributed by atoms with Crippen LogP contribution >= 0.6 is 0 Å². The van der Waals surface area contributed by atoms with Gasteiger partial charge in [0.25, 0.3) is 0 Å². The normalized spacial score (nSPS) is 11.9. The molecule has 0 aliphatic carbocycles. The topological polar surface area (TPSA) is 76.4 Å². The fourth-order valence-electron chi connectivity index (χ4n) is 2.53. The number of rotatable bonds is 5. The number of amides is 2. The summed E-state index contributed by atoms with van der Waals surface area (Å²) >= 11 is 0. The molecular weight excluding hydrogens is 294 g/mol. The second kappa shape index (κ2) is 7.17. The summed E-state index contributed by atoms with van der Waals surface area (Å²) < 4.78 is 10.7. The first-order valence-electron chi connectivity index (χ1n) is 7.66. The smallest absolute Gasteiger partial charge is 0.319 e. The minimum atomic E-state index is -0.288. The number of nitrogens with zero attached hydrogens (tertiary/aromatic N) is 1. The van der Waals surface area contributed by atoms with Crippen LogP contribution < -0.4 is 15.4 Å². The van der Waals surface area contributed by atoms with Crippen LogP contribution in [0.1, 0.15) is 42.5 Å². The summed E-state index contributed by atoms with van der Waals surface area (Å²) in [5.41, 5.74) is 3.40. The zero-order chi connectivity index (χ0) is 17.0. The molecule has 23 heavy (non-hydrogen) atoms. The third-order valence-corrected chi connectivity index (χ3v) is 3.62. The van der Waals surface area contributed by atoms with Crippen LogP contribution in [0.25, 0.3) is 0 Å². The third-order valence-electron chi connectivity index (χ3n) is 3.62. The zero-order valence-electron chi connectivity index (χ0n) is 14.2. The highest BCUT2D eigenvalue weighted by Gasteiger charge is 2.18. The number of ether oxygens (including phenoxy) is 1. The molecule has 0 saturated carbocycles. The minimum absolute atomic E-state index is 0.196. The van der Waals surface area contributed by atoms with E-state index in [0.717, 1.165) is 22.6 Å². The van der Waals surface area contributed by atoms with E-state index in [1.165, 1.54) is 0 Å². The second-order valence-corrected chi connectivity index (χ2v) is 5.47. The summed E-state index contributed by atoms with van der Waals surface area (Å²) in [7, 11) is 0. The van der Waals surface area contributed by atoms with Gasteiger partial charge in [-0.05, 0) is 46.2 Å². The Hall–Kier alpha value is -2.50. The molecule has 2 rings (SSSR count). The van der Waals surface area contributed by atoms with Crippen molar-refractivity contribution in [3.05, 3.63) is 40.8 Å². The van der Waals surface area contributed by atoms with E-state index in [2.05, 4.69) is 15.8 Å². The Morgan fingerprint density at radius 1 is 1.35 bits per heavy atom. The van der Waals surface area contributed by atoms with E-state index in [1.54, 1.807) is 0 Å². The summed E-state index contributed by atoms with van der Waals surface area (Å²) in [6, 6.07) is 5.09. The molecule has 2 amide bonds. The van der Waals surface area contributed by atoms with Gasteiger partial charge >= 0.3 is 6.03 Å². The maximum Gasteiger partial charge on any atom is 0.319 e. The molecule has 1 aromatic heterocycles. The average molecular weight is 317 g/mol. The standard InChI is InChI=1S/C17H23N3O3/c1-6-22-15-9-14(8-7-10(15)2)19-17(21)18-11(3)16-12(4)20-23-13(16)5/h7-9,11H,6H2,1-5H3,(H2,18,19,21)/t11-/m1/s1. The Bertz CT molecular complexity index is 675. The molecule has 1 heterocycles. The third kappa shape index (κ3) is 4.03. The van der Waals surface area contributed by atoms with Crippen molar-refractivity contribution < 1.29 is 14.1 Å². The monoisotopic (exact) mass is 317 g/mol. The van der Waals surface area contributed by atoms with Gasteiger partial charge in [-0.15, -0.1) is 0 Å². The molecule has 1 atom stereocenters. The number of hydrogen-bond acceptors (Lipinski definition) is 4. The molecule has 6 nitrogen and oxygen atoms in total. The fraction of sp³-hybridized carbons (Fsp3) is 0.412. The minimum Gasteiger partial charge on any atom is -0.494 e. The van der Waals surface area contributed by atoms with Crippen LogP contribution in [0.3, 0.4) is 0 Å². The molecule has 0 aliphatic rings. The predicted molar refractivity (Wildman–Crippen MR) is 88.9 cm³/mol. The van der Waals surface area contributed by atoms with Crippen molar-refractivity contribution >= 4 is 11.7 Å². The average Bonchev–Trinajstić information content (AvgIpc) is 2.82. The van der Waals surface area contributed by atoms with Crippen LogP contribution in [0.4, 0.5) is 10.5 Å². The van der Waals surface area contributed by atoms with Gasteiger partial charge in [0.2, 0.25) is 0 Å². The van der Waals surface area contributed by atoms with Gasteiger partial charge in [0.05, 0.1) is 18.3 Å². The van der Waals surface area contributed by atoms with Gasteiger partial charge in [-0.2, -0.15) is 0 Å². The second-order valence-electron chi connectivity index (χ2n) is 5.47. The number of aromatic nitrogens is 1. The number of carbonyl (C=O) groups excluding carboxylic acids is 1. The number of urea groups is 1. The van der Waals surface area contributed by atoms with Crippen LogP contribution in [0.5, 0.6) is 5.75 Å². The van der Waals surface area contributed by atoms with Gasteiger partial charge in [-0.25, -0.2) is 4.79 Å². The van der Waals surface area contributed by atoms with E-state index in [9.17, 15) is 4.79 Å². The van der Waals surface area contributed by atoms with Gasteiger partial charge in [0.15, 0.2) is 0 Å². The van der Waals surface area contributed by atoms with Gasteiger partial charge < -0.3 is 19.9 Å². The number of carbonyl (C=O) groups is 1. The number of aryl methyl sites for hydroxylation is 3. The highest BCUT2D eigenvalue weighted by molar-refractivity contribution is 5.89. The molecule has 0 radical (unpaired) electrons. The summed E-state index contributed by atoms with van der Waals surface area (Å²) in [6.07, 6.45) is 0. The van der Waals surface area contributed by atoms with Gasteiger partial charge in [0, 0.05) is 17.3 Å². The SMILES string of the molecule is CCOc1cc(NC(=O)N[C@H](C)c2c(C)noc2C)ccc1C. The first kappa shape index (κ1) is 16.9. The molecule has 0 saturated heterocycles. The highest BCUT2D eigenvalue weighted by Crippen LogP contribution is 2.23. The zero-order valence-corrected chi connectivity index (χ0v) is 14.2. The summed E-state index contributed by atoms with van der Waals surface area (Å²) in [4.78, 5) is 12.2. The summed E-state index contributed by atoms with van der Waals surface area (Å²) in [6.45, 7) is 10.1. The first-order valence-corrected chi connectivity index (χ1v) is 7.66. The molecular formula is C17H23N3O3. The number of anilines is 1. The summed E-state index contributed by atoms with van der Waals surface area (Å²) in [5.74, 6) is 1.48. The van der Waals surface area contributed by atoms with E-state index in [-0.39, 0.29) is 12.1 Å². The van der Waals surface area contributed by atoms with Crippen molar-refractivity contribution in [1.82, 2.24) is 10.5 Å². The Labute approximate surface area is 136 Å². The molecule has 2 N–H and O–H groups in total. The molecule has 0 unspecified atom stereocenters. The lowest BCUT2D eigenvalue weighted by Crippen LogP contribution is -2.31. The lowest BCUT2D eigenvalue weighted by atomic mass is 10.1. The maximum absolute atomic E-state index is 12.2. The molecule has 0 fully saturated rings. The maximum atomic E-state index is 12.2. The van der Waals surface area contributed by atoms with Crippen LogP contribution in [0, 0.1) is 20.8 Å². The quantitative estimate of drug-likeness (QED) is 0.877. The van der Waals surface area contributed by atoms with Crippen LogP contribution in [0.2, 0.25) is 0 Å². The lowest BCUT2D eigenvalue weighted by molar-refractivity contribution is 0.249. The van der Waals surface area contributed by atoms with E-state index in [4.69, 9.17) is 9.26 Å². The predicted octanol–water partition coefficient (Wildman–Crippen LogP) is 3.88. The number of hydrogen-bond donors (Lipinski definition) is 2. The van der Waals surface area contributed by atoms with E-state index in [0.29, 0.717) is 18.1 Å². The number of nitrogens with one attached hydrogen (secondary N) is 2. The molecule has 6 heteroatoms. The Morgan fingerprint density at radius 2 is 2.09 bits per heavy atom. The molecule has 1 aromatic carbocycles. The Balaban J connectivity index is 2.03. The van der Waals surface area contributed by atoms with Crippen molar-refractivity contribution in [2.24, 2.45) is 0 Å². The molecule has 0 spiro atoms. The molecule has 0 aliphatic heterocycles. The van der Waals surface area contributed by atoms with Gasteiger partial charge in [-0.3, -0.25) is 0 Å².